The topological polar surface area (TPSA) is 85.5 Å². The van der Waals surface area contributed by atoms with Crippen molar-refractivity contribution in [2.24, 2.45) is 0 Å². The summed E-state index contributed by atoms with van der Waals surface area (Å²) in [4.78, 5) is 14.9. The van der Waals surface area contributed by atoms with Crippen molar-refractivity contribution in [1.82, 2.24) is 10.1 Å². The summed E-state index contributed by atoms with van der Waals surface area (Å²) in [5.74, 6) is -1.47. The Balaban J connectivity index is 1.57. The Hall–Kier alpha value is -3.72. The van der Waals surface area contributed by atoms with Crippen LogP contribution in [0, 0.1) is 6.92 Å². The number of rotatable bonds is 7. The second-order valence-corrected chi connectivity index (χ2v) is 7.92. The number of ether oxygens (including phenoxy) is 1. The third-order valence-electron chi connectivity index (χ3n) is 5.46. The van der Waals surface area contributed by atoms with Crippen molar-refractivity contribution in [3.63, 3.8) is 0 Å². The fourth-order valence-electron chi connectivity index (χ4n) is 3.84. The van der Waals surface area contributed by atoms with E-state index in [0.29, 0.717) is 16.7 Å². The van der Waals surface area contributed by atoms with Crippen LogP contribution in [0.3, 0.4) is 0 Å². The molecule has 2 aromatic carbocycles. The summed E-state index contributed by atoms with van der Waals surface area (Å²) in [5.41, 5.74) is 2.10. The molecular weight excluding hydrogens is 449 g/mol. The Kier molecular flexibility index (Phi) is 6.65. The molecule has 1 aliphatic rings. The van der Waals surface area contributed by atoms with Crippen LogP contribution in [0.15, 0.2) is 70.8 Å². The molecule has 1 atom stereocenters. The molecule has 6 nitrogen and oxygen atoms in total. The van der Waals surface area contributed by atoms with Crippen LogP contribution >= 0.6 is 0 Å². The number of aryl methyl sites for hydroxylation is 1. The van der Waals surface area contributed by atoms with Crippen LogP contribution in [-0.2, 0) is 16.1 Å². The van der Waals surface area contributed by atoms with Crippen LogP contribution in [-0.4, -0.2) is 34.0 Å². The number of allylic oxidation sites excluding steroid dienone is 4. The van der Waals surface area contributed by atoms with Gasteiger partial charge >= 0.3 is 12.1 Å². The molecule has 3 aromatic rings. The Bertz CT molecular complexity index is 1260. The summed E-state index contributed by atoms with van der Waals surface area (Å²) in [6.45, 7) is 1.43. The number of carbonyl (C=O) groups is 1. The van der Waals surface area contributed by atoms with E-state index in [-0.39, 0.29) is 30.3 Å². The van der Waals surface area contributed by atoms with Crippen LogP contribution < -0.4 is 0 Å². The van der Waals surface area contributed by atoms with Crippen LogP contribution in [0.4, 0.5) is 13.2 Å². The maximum atomic E-state index is 14.0. The lowest BCUT2D eigenvalue weighted by Gasteiger charge is -2.23. The van der Waals surface area contributed by atoms with E-state index in [1.165, 1.54) is 6.08 Å². The summed E-state index contributed by atoms with van der Waals surface area (Å²) in [6.07, 6.45) is -1.68. The average molecular weight is 470 g/mol. The van der Waals surface area contributed by atoms with E-state index in [9.17, 15) is 18.0 Å². The van der Waals surface area contributed by atoms with E-state index in [1.807, 2.05) is 0 Å². The van der Waals surface area contributed by atoms with E-state index in [2.05, 4.69) is 10.1 Å². The van der Waals surface area contributed by atoms with Gasteiger partial charge in [-0.3, -0.25) is 0 Å². The quantitative estimate of drug-likeness (QED) is 0.476. The first kappa shape index (κ1) is 23.4. The first-order chi connectivity index (χ1) is 16.2. The molecular formula is C25H21F3N2O4. The predicted octanol–water partition coefficient (Wildman–Crippen LogP) is 5.71. The molecule has 0 fully saturated rings. The van der Waals surface area contributed by atoms with Gasteiger partial charge in [0.2, 0.25) is 11.7 Å². The number of halogens is 3. The molecule has 0 aliphatic heterocycles. The summed E-state index contributed by atoms with van der Waals surface area (Å²) in [7, 11) is 0. The van der Waals surface area contributed by atoms with E-state index in [0.717, 1.165) is 5.56 Å². The van der Waals surface area contributed by atoms with Gasteiger partial charge in [0.1, 0.15) is 6.61 Å². The highest BCUT2D eigenvalue weighted by Gasteiger charge is 2.40. The lowest BCUT2D eigenvalue weighted by atomic mass is 9.85. The van der Waals surface area contributed by atoms with E-state index in [1.54, 1.807) is 61.5 Å². The molecule has 0 amide bonds. The first-order valence-electron chi connectivity index (χ1n) is 10.5. The van der Waals surface area contributed by atoms with Crippen LogP contribution in [0.1, 0.15) is 34.9 Å². The molecule has 4 rings (SSSR count). The standard InChI is InChI=1S/C25H21F3N2O4/c1-15-5-2-3-8-19(15)20-10-9-18(12-21(20)25(26,27)28)24-29-23(30-34-24)17-7-4-6-16(11-17)13-33-14-22(31)32/h2-11,18H,12-14H2,1H3,(H,31,32). The molecule has 0 radical (unpaired) electrons. The van der Waals surface area contributed by atoms with E-state index >= 15 is 0 Å². The Labute approximate surface area is 193 Å². The summed E-state index contributed by atoms with van der Waals surface area (Å²) >= 11 is 0. The second-order valence-electron chi connectivity index (χ2n) is 7.92. The van der Waals surface area contributed by atoms with Crippen molar-refractivity contribution in [3.05, 3.63) is 88.8 Å². The van der Waals surface area contributed by atoms with Crippen molar-refractivity contribution in [2.45, 2.75) is 32.0 Å². The van der Waals surface area contributed by atoms with Gasteiger partial charge < -0.3 is 14.4 Å². The van der Waals surface area contributed by atoms with Crippen LogP contribution in [0.5, 0.6) is 0 Å². The number of aromatic nitrogens is 2. The summed E-state index contributed by atoms with van der Waals surface area (Å²) in [6, 6.07) is 13.9. The fraction of sp³-hybridized carbons (Fsp3) is 0.240. The van der Waals surface area contributed by atoms with Gasteiger partial charge in [-0.25, -0.2) is 4.79 Å². The molecule has 0 saturated carbocycles. The summed E-state index contributed by atoms with van der Waals surface area (Å²) < 4.78 is 52.3. The SMILES string of the molecule is Cc1ccccc1C1=C(C(F)(F)F)CC(c2nc(-c3cccc(COCC(=O)O)c3)no2)C=C1. The van der Waals surface area contributed by atoms with Gasteiger partial charge in [0.05, 0.1) is 12.5 Å². The molecule has 0 saturated heterocycles. The molecule has 1 aliphatic carbocycles. The van der Waals surface area contributed by atoms with Crippen LogP contribution in [0.25, 0.3) is 17.0 Å². The van der Waals surface area contributed by atoms with Gasteiger partial charge in [0.15, 0.2) is 0 Å². The zero-order valence-corrected chi connectivity index (χ0v) is 18.2. The largest absolute Gasteiger partial charge is 0.480 e. The average Bonchev–Trinajstić information content (AvgIpc) is 3.29. The van der Waals surface area contributed by atoms with Crippen LogP contribution in [0.2, 0.25) is 0 Å². The van der Waals surface area contributed by atoms with E-state index in [4.69, 9.17) is 14.4 Å². The number of hydrogen-bond acceptors (Lipinski definition) is 5. The number of nitrogens with zero attached hydrogens (tertiary/aromatic N) is 2. The lowest BCUT2D eigenvalue weighted by molar-refractivity contribution is -0.142. The third kappa shape index (κ3) is 5.26. The van der Waals surface area contributed by atoms with Crippen molar-refractivity contribution in [1.29, 1.82) is 0 Å². The monoisotopic (exact) mass is 470 g/mol. The molecule has 1 unspecified atom stereocenters. The molecule has 1 N–H and O–H groups in total. The zero-order valence-electron chi connectivity index (χ0n) is 18.2. The third-order valence-corrected chi connectivity index (χ3v) is 5.46. The number of alkyl halides is 3. The second kappa shape index (κ2) is 9.64. The lowest BCUT2D eigenvalue weighted by Crippen LogP contribution is -2.19. The normalized spacial score (nSPS) is 16.2. The highest BCUT2D eigenvalue weighted by atomic mass is 19.4. The maximum Gasteiger partial charge on any atom is 0.413 e. The Morgan fingerprint density at radius 2 is 2.00 bits per heavy atom. The van der Waals surface area contributed by atoms with Gasteiger partial charge in [-0.1, -0.05) is 59.8 Å². The molecule has 0 bridgehead atoms. The van der Waals surface area contributed by atoms with Crippen molar-refractivity contribution >= 4 is 11.5 Å². The molecule has 1 aromatic heterocycles. The number of aliphatic carboxylic acids is 1. The summed E-state index contributed by atoms with van der Waals surface area (Å²) in [5, 5.41) is 12.6. The fourth-order valence-corrected chi connectivity index (χ4v) is 3.84. The number of carboxylic acids is 1. The Morgan fingerprint density at radius 3 is 2.74 bits per heavy atom. The molecule has 176 valence electrons. The molecule has 1 heterocycles. The van der Waals surface area contributed by atoms with Crippen molar-refractivity contribution in [2.75, 3.05) is 6.61 Å². The minimum atomic E-state index is -4.51. The molecule has 0 spiro atoms. The molecule has 9 heteroatoms. The minimum Gasteiger partial charge on any atom is -0.480 e. The maximum absolute atomic E-state index is 14.0. The van der Waals surface area contributed by atoms with Gasteiger partial charge in [-0.2, -0.15) is 18.2 Å². The molecule has 34 heavy (non-hydrogen) atoms. The van der Waals surface area contributed by atoms with Gasteiger partial charge in [-0.05, 0) is 41.7 Å². The smallest absolute Gasteiger partial charge is 0.413 e. The van der Waals surface area contributed by atoms with Gasteiger partial charge in [0.25, 0.3) is 0 Å². The van der Waals surface area contributed by atoms with Crippen molar-refractivity contribution < 1.29 is 32.3 Å². The number of hydrogen-bond donors (Lipinski definition) is 1. The number of benzene rings is 2. The van der Waals surface area contributed by atoms with Gasteiger partial charge in [0, 0.05) is 11.1 Å². The van der Waals surface area contributed by atoms with Gasteiger partial charge in [-0.15, -0.1) is 0 Å². The zero-order chi connectivity index (χ0) is 24.3. The highest BCUT2D eigenvalue weighted by molar-refractivity contribution is 5.80. The highest BCUT2D eigenvalue weighted by Crippen LogP contribution is 2.43. The Morgan fingerprint density at radius 1 is 1.21 bits per heavy atom. The predicted molar refractivity (Wildman–Crippen MR) is 118 cm³/mol. The first-order valence-corrected chi connectivity index (χ1v) is 10.5. The van der Waals surface area contributed by atoms with Crippen molar-refractivity contribution in [3.8, 4) is 11.4 Å². The minimum absolute atomic E-state index is 0.0810. The van der Waals surface area contributed by atoms with E-state index < -0.39 is 30.2 Å². The number of carboxylic acid groups (broad SMARTS) is 1.